The summed E-state index contributed by atoms with van der Waals surface area (Å²) in [5, 5.41) is -0.110. The molecule has 1 aliphatic heterocycles. The molecule has 1 saturated carbocycles. The highest BCUT2D eigenvalue weighted by Gasteiger charge is 2.40. The van der Waals surface area contributed by atoms with Gasteiger partial charge >= 0.3 is 12.3 Å². The number of amides is 1. The van der Waals surface area contributed by atoms with E-state index < -0.39 is 28.2 Å². The van der Waals surface area contributed by atoms with Crippen LogP contribution in [0.4, 0.5) is 18.0 Å². The zero-order chi connectivity index (χ0) is 24.2. The molecule has 1 amide bonds. The molecular weight excluding hydrogens is 467 g/mol. The summed E-state index contributed by atoms with van der Waals surface area (Å²) in [7, 11) is -3.41. The van der Waals surface area contributed by atoms with Crippen LogP contribution in [0.25, 0.3) is 0 Å². The summed E-state index contributed by atoms with van der Waals surface area (Å²) in [6.07, 6.45) is -0.158. The molecule has 1 atom stereocenters. The van der Waals surface area contributed by atoms with Gasteiger partial charge in [-0.25, -0.2) is 23.2 Å². The summed E-state index contributed by atoms with van der Waals surface area (Å²) in [5.74, 6) is 0.269. The lowest BCUT2D eigenvalue weighted by Crippen LogP contribution is -2.44. The number of nitrogens with zero attached hydrogens (tertiary/aromatic N) is 3. The van der Waals surface area contributed by atoms with Crippen LogP contribution in [0, 0.1) is 0 Å². The Morgan fingerprint density at radius 2 is 1.61 bits per heavy atom. The minimum absolute atomic E-state index is 0.0392. The monoisotopic (exact) mass is 495 g/mol. The van der Waals surface area contributed by atoms with Crippen LogP contribution in [-0.4, -0.2) is 79.3 Å². The molecule has 0 bridgehead atoms. The fourth-order valence-corrected chi connectivity index (χ4v) is 4.24. The van der Waals surface area contributed by atoms with Crippen LogP contribution in [0.5, 0.6) is 5.88 Å². The lowest BCUT2D eigenvalue weighted by molar-refractivity contribution is -0.200. The molecule has 9 nitrogen and oxygen atoms in total. The standard InChI is InChI=1S/C20H28F3N3O6S/c1-13(20(21,22)23)30-19(27)26-9-7-16(8-10-26)31-14-3-5-15(6-4-14)32-17-11-25-18(12-24-17)33(2,28)29/h11-16H,3-10H2,1-2H3/t13-,14-,15-/m0/s1. The second-order valence-electron chi connectivity index (χ2n) is 8.37. The average molecular weight is 496 g/mol. The molecule has 0 unspecified atom stereocenters. The number of hydrogen-bond donors (Lipinski definition) is 0. The van der Waals surface area contributed by atoms with Gasteiger partial charge in [-0.15, -0.1) is 0 Å². The Labute approximate surface area is 190 Å². The molecule has 1 aromatic heterocycles. The minimum Gasteiger partial charge on any atom is -0.473 e. The first-order chi connectivity index (χ1) is 15.4. The summed E-state index contributed by atoms with van der Waals surface area (Å²) in [6.45, 7) is 1.38. The largest absolute Gasteiger partial charge is 0.473 e. The van der Waals surface area contributed by atoms with E-state index in [1.807, 2.05) is 0 Å². The van der Waals surface area contributed by atoms with Gasteiger partial charge in [0.05, 0.1) is 24.6 Å². The lowest BCUT2D eigenvalue weighted by Gasteiger charge is -2.36. The van der Waals surface area contributed by atoms with Crippen LogP contribution < -0.4 is 4.74 Å². The maximum absolute atomic E-state index is 12.6. The van der Waals surface area contributed by atoms with Gasteiger partial charge in [0.25, 0.3) is 0 Å². The SMILES string of the molecule is C[C@H](OC(=O)N1CCC(O[C@H]2CC[C@H](Oc3cnc(S(C)(=O)=O)cn3)CC2)CC1)C(F)(F)F. The molecule has 2 heterocycles. The van der Waals surface area contributed by atoms with Crippen molar-refractivity contribution in [2.75, 3.05) is 19.3 Å². The highest BCUT2D eigenvalue weighted by Crippen LogP contribution is 2.28. The second kappa shape index (κ2) is 10.4. The third kappa shape index (κ3) is 7.42. The number of carbonyl (C=O) groups excluding carboxylic acids is 1. The van der Waals surface area contributed by atoms with Crippen LogP contribution in [0.1, 0.15) is 45.4 Å². The van der Waals surface area contributed by atoms with E-state index in [1.165, 1.54) is 17.3 Å². The third-order valence-corrected chi connectivity index (χ3v) is 6.69. The van der Waals surface area contributed by atoms with Crippen LogP contribution in [-0.2, 0) is 19.3 Å². The van der Waals surface area contributed by atoms with E-state index in [1.54, 1.807) is 0 Å². The number of ether oxygens (including phenoxy) is 3. The molecule has 3 rings (SSSR count). The van der Waals surface area contributed by atoms with E-state index in [0.717, 1.165) is 38.9 Å². The van der Waals surface area contributed by atoms with E-state index >= 15 is 0 Å². The highest BCUT2D eigenvalue weighted by atomic mass is 32.2. The summed E-state index contributed by atoms with van der Waals surface area (Å²) >= 11 is 0. The van der Waals surface area contributed by atoms with Gasteiger partial charge in [0.15, 0.2) is 21.0 Å². The van der Waals surface area contributed by atoms with Gasteiger partial charge in [-0.1, -0.05) is 0 Å². The molecular formula is C20H28F3N3O6S. The smallest absolute Gasteiger partial charge is 0.425 e. The van der Waals surface area contributed by atoms with Gasteiger partial charge in [-0.3, -0.25) is 0 Å². The molecule has 33 heavy (non-hydrogen) atoms. The maximum Gasteiger partial charge on any atom is 0.425 e. The lowest BCUT2D eigenvalue weighted by atomic mass is 9.94. The van der Waals surface area contributed by atoms with Crippen molar-refractivity contribution < 1.29 is 40.6 Å². The van der Waals surface area contributed by atoms with Crippen molar-refractivity contribution in [1.29, 1.82) is 0 Å². The number of halogens is 3. The number of carbonyl (C=O) groups is 1. The summed E-state index contributed by atoms with van der Waals surface area (Å²) in [5.41, 5.74) is 0. The maximum atomic E-state index is 12.6. The number of hydrogen-bond acceptors (Lipinski definition) is 8. The first kappa shape index (κ1) is 25.5. The quantitative estimate of drug-likeness (QED) is 0.592. The van der Waals surface area contributed by atoms with Crippen molar-refractivity contribution in [3.63, 3.8) is 0 Å². The topological polar surface area (TPSA) is 108 Å². The molecule has 0 spiro atoms. The summed E-state index contributed by atoms with van der Waals surface area (Å²) in [4.78, 5) is 21.1. The molecule has 2 fully saturated rings. The molecule has 0 aromatic carbocycles. The number of aromatic nitrogens is 2. The van der Waals surface area contributed by atoms with E-state index in [0.29, 0.717) is 12.8 Å². The number of sulfone groups is 1. The summed E-state index contributed by atoms with van der Waals surface area (Å²) in [6, 6.07) is 0. The van der Waals surface area contributed by atoms with Crippen LogP contribution in [0.15, 0.2) is 17.4 Å². The van der Waals surface area contributed by atoms with Gasteiger partial charge < -0.3 is 19.1 Å². The van der Waals surface area contributed by atoms with Crippen LogP contribution >= 0.6 is 0 Å². The Hall–Kier alpha value is -2.15. The Morgan fingerprint density at radius 3 is 2.12 bits per heavy atom. The highest BCUT2D eigenvalue weighted by molar-refractivity contribution is 7.90. The predicted octanol–water partition coefficient (Wildman–Crippen LogP) is 3.14. The molecule has 13 heteroatoms. The van der Waals surface area contributed by atoms with E-state index in [9.17, 15) is 26.4 Å². The Bertz CT molecular complexity index is 897. The fraction of sp³-hybridized carbons (Fsp3) is 0.750. The van der Waals surface area contributed by atoms with Crippen molar-refractivity contribution in [3.8, 4) is 5.88 Å². The van der Waals surface area contributed by atoms with Crippen molar-refractivity contribution >= 4 is 15.9 Å². The minimum atomic E-state index is -4.58. The van der Waals surface area contributed by atoms with E-state index in [-0.39, 0.29) is 42.3 Å². The molecule has 186 valence electrons. The van der Waals surface area contributed by atoms with Crippen molar-refractivity contribution in [1.82, 2.24) is 14.9 Å². The van der Waals surface area contributed by atoms with Crippen molar-refractivity contribution in [3.05, 3.63) is 12.4 Å². The van der Waals surface area contributed by atoms with Gasteiger partial charge in [0, 0.05) is 19.3 Å². The summed E-state index contributed by atoms with van der Waals surface area (Å²) < 4.78 is 77.0. The Morgan fingerprint density at radius 1 is 1.03 bits per heavy atom. The zero-order valence-corrected chi connectivity index (χ0v) is 19.3. The second-order valence-corrected chi connectivity index (χ2v) is 10.3. The molecule has 0 radical (unpaired) electrons. The van der Waals surface area contributed by atoms with Crippen molar-refractivity contribution in [2.45, 2.75) is 81.1 Å². The van der Waals surface area contributed by atoms with Crippen LogP contribution in [0.3, 0.4) is 0 Å². The molecule has 2 aliphatic rings. The molecule has 1 aromatic rings. The fourth-order valence-electron chi connectivity index (χ4n) is 3.75. The zero-order valence-electron chi connectivity index (χ0n) is 18.5. The van der Waals surface area contributed by atoms with Gasteiger partial charge in [0.2, 0.25) is 5.88 Å². The Kier molecular flexibility index (Phi) is 8.04. The number of piperidine rings is 1. The molecule has 1 aliphatic carbocycles. The number of likely N-dealkylation sites (tertiary alicyclic amines) is 1. The Balaban J connectivity index is 1.37. The van der Waals surface area contributed by atoms with Crippen LogP contribution in [0.2, 0.25) is 0 Å². The molecule has 1 saturated heterocycles. The van der Waals surface area contributed by atoms with E-state index in [4.69, 9.17) is 9.47 Å². The van der Waals surface area contributed by atoms with Gasteiger partial charge in [-0.2, -0.15) is 13.2 Å². The molecule has 0 N–H and O–H groups in total. The van der Waals surface area contributed by atoms with Crippen molar-refractivity contribution in [2.24, 2.45) is 0 Å². The predicted molar refractivity (Wildman–Crippen MR) is 109 cm³/mol. The third-order valence-electron chi connectivity index (χ3n) is 5.72. The average Bonchev–Trinajstić information content (AvgIpc) is 2.74. The number of rotatable bonds is 6. The first-order valence-electron chi connectivity index (χ1n) is 10.8. The normalized spacial score (nSPS) is 23.7. The first-order valence-corrected chi connectivity index (χ1v) is 12.7. The van der Waals surface area contributed by atoms with Gasteiger partial charge in [0.1, 0.15) is 6.10 Å². The number of alkyl halides is 3. The van der Waals surface area contributed by atoms with E-state index in [2.05, 4.69) is 14.7 Å². The van der Waals surface area contributed by atoms with Gasteiger partial charge in [-0.05, 0) is 45.4 Å².